The van der Waals surface area contributed by atoms with Crippen LogP contribution in [0.1, 0.15) is 18.3 Å². The van der Waals surface area contributed by atoms with Crippen molar-refractivity contribution in [2.75, 3.05) is 33.7 Å². The van der Waals surface area contributed by atoms with Crippen LogP contribution in [0.15, 0.2) is 4.47 Å². The highest BCUT2D eigenvalue weighted by Gasteiger charge is 2.30. The maximum atomic E-state index is 10.6. The average molecular weight is 345 g/mol. The van der Waals surface area contributed by atoms with Gasteiger partial charge in [0.05, 0.1) is 22.0 Å². The van der Waals surface area contributed by atoms with Crippen LogP contribution in [0.5, 0.6) is 0 Å². The Balaban J connectivity index is 2.11. The fourth-order valence-corrected chi connectivity index (χ4v) is 3.61. The summed E-state index contributed by atoms with van der Waals surface area (Å²) in [5.41, 5.74) is 2.14. The lowest BCUT2D eigenvalue weighted by Crippen LogP contribution is -2.55. The SMILES string of the molecule is CCc1nn(C)c(CC(O)C2CN(C)CCN2C)c1Br. The van der Waals surface area contributed by atoms with Gasteiger partial charge in [-0.3, -0.25) is 9.58 Å². The Morgan fingerprint density at radius 3 is 2.65 bits per heavy atom. The molecule has 5 nitrogen and oxygen atoms in total. The van der Waals surface area contributed by atoms with Gasteiger partial charge >= 0.3 is 0 Å². The number of aryl methyl sites for hydroxylation is 2. The summed E-state index contributed by atoms with van der Waals surface area (Å²) in [6, 6.07) is 0.181. The summed E-state index contributed by atoms with van der Waals surface area (Å²) in [6.45, 7) is 5.07. The Morgan fingerprint density at radius 1 is 1.35 bits per heavy atom. The first-order valence-electron chi connectivity index (χ1n) is 7.21. The molecule has 0 aliphatic carbocycles. The van der Waals surface area contributed by atoms with Crippen molar-refractivity contribution in [1.29, 1.82) is 0 Å². The predicted molar refractivity (Wildman–Crippen MR) is 83.9 cm³/mol. The first kappa shape index (κ1) is 15.9. The van der Waals surface area contributed by atoms with E-state index in [4.69, 9.17) is 0 Å². The number of aromatic nitrogens is 2. The number of halogens is 1. The minimum absolute atomic E-state index is 0.181. The minimum Gasteiger partial charge on any atom is -0.391 e. The standard InChI is InChI=1S/C14H25BrN4O/c1-5-10-14(15)11(19(4)16-10)8-13(20)12-9-17(2)6-7-18(12)3/h12-13,20H,5-9H2,1-4H3. The highest BCUT2D eigenvalue weighted by molar-refractivity contribution is 9.10. The number of aliphatic hydroxyl groups excluding tert-OH is 1. The zero-order valence-electron chi connectivity index (χ0n) is 12.8. The molecule has 1 aromatic rings. The molecule has 1 saturated heterocycles. The second-order valence-electron chi connectivity index (χ2n) is 5.77. The van der Waals surface area contributed by atoms with E-state index in [-0.39, 0.29) is 12.1 Å². The van der Waals surface area contributed by atoms with E-state index in [1.807, 2.05) is 11.7 Å². The van der Waals surface area contributed by atoms with Gasteiger partial charge in [-0.05, 0) is 36.4 Å². The molecule has 1 aliphatic rings. The van der Waals surface area contributed by atoms with E-state index in [1.54, 1.807) is 0 Å². The number of piperazine rings is 1. The summed E-state index contributed by atoms with van der Waals surface area (Å²) in [5, 5.41) is 15.1. The number of hydrogen-bond donors (Lipinski definition) is 1. The molecule has 0 aromatic carbocycles. The van der Waals surface area contributed by atoms with Gasteiger partial charge in [-0.2, -0.15) is 5.10 Å². The van der Waals surface area contributed by atoms with Crippen molar-refractivity contribution in [2.24, 2.45) is 7.05 Å². The lowest BCUT2D eigenvalue weighted by molar-refractivity contribution is 0.0144. The van der Waals surface area contributed by atoms with Crippen LogP contribution in [0.2, 0.25) is 0 Å². The third-order valence-electron chi connectivity index (χ3n) is 4.25. The van der Waals surface area contributed by atoms with Crippen molar-refractivity contribution >= 4 is 15.9 Å². The smallest absolute Gasteiger partial charge is 0.0766 e. The van der Waals surface area contributed by atoms with Gasteiger partial charge in [0.15, 0.2) is 0 Å². The number of likely N-dealkylation sites (N-methyl/N-ethyl adjacent to an activating group) is 2. The summed E-state index contributed by atoms with van der Waals surface area (Å²) in [6.07, 6.45) is 1.16. The van der Waals surface area contributed by atoms with E-state index in [1.165, 1.54) is 0 Å². The van der Waals surface area contributed by atoms with Gasteiger partial charge in [-0.25, -0.2) is 0 Å². The van der Waals surface area contributed by atoms with E-state index in [0.717, 1.165) is 41.9 Å². The highest BCUT2D eigenvalue weighted by atomic mass is 79.9. The van der Waals surface area contributed by atoms with Crippen molar-refractivity contribution < 1.29 is 5.11 Å². The van der Waals surface area contributed by atoms with Gasteiger partial charge in [-0.1, -0.05) is 6.92 Å². The van der Waals surface area contributed by atoms with E-state index >= 15 is 0 Å². The summed E-state index contributed by atoms with van der Waals surface area (Å²) >= 11 is 3.62. The molecule has 0 radical (unpaired) electrons. The van der Waals surface area contributed by atoms with Crippen LogP contribution in [0.25, 0.3) is 0 Å². The van der Waals surface area contributed by atoms with Gasteiger partial charge in [0.25, 0.3) is 0 Å². The molecular weight excluding hydrogens is 320 g/mol. The molecule has 0 amide bonds. The molecule has 1 aliphatic heterocycles. The van der Waals surface area contributed by atoms with Gasteiger partial charge in [-0.15, -0.1) is 0 Å². The van der Waals surface area contributed by atoms with Crippen molar-refractivity contribution in [1.82, 2.24) is 19.6 Å². The maximum Gasteiger partial charge on any atom is 0.0766 e. The first-order valence-corrected chi connectivity index (χ1v) is 8.00. The molecular formula is C14H25BrN4O. The molecule has 1 N–H and O–H groups in total. The Morgan fingerprint density at radius 2 is 2.05 bits per heavy atom. The lowest BCUT2D eigenvalue weighted by atomic mass is 10.0. The van der Waals surface area contributed by atoms with Gasteiger partial charge < -0.3 is 10.0 Å². The Hall–Kier alpha value is -0.430. The summed E-state index contributed by atoms with van der Waals surface area (Å²) in [5.74, 6) is 0. The fourth-order valence-electron chi connectivity index (χ4n) is 2.84. The molecule has 1 fully saturated rings. The maximum absolute atomic E-state index is 10.6. The van der Waals surface area contributed by atoms with Crippen molar-refractivity contribution in [2.45, 2.75) is 31.9 Å². The largest absolute Gasteiger partial charge is 0.391 e. The molecule has 2 rings (SSSR count). The molecule has 6 heteroatoms. The Kier molecular flexibility index (Phi) is 5.23. The zero-order valence-corrected chi connectivity index (χ0v) is 14.4. The third-order valence-corrected chi connectivity index (χ3v) is 5.16. The lowest BCUT2D eigenvalue weighted by Gasteiger charge is -2.40. The molecule has 0 bridgehead atoms. The second kappa shape index (κ2) is 6.56. The van der Waals surface area contributed by atoms with Crippen LogP contribution < -0.4 is 0 Å². The average Bonchev–Trinajstić information content (AvgIpc) is 2.68. The van der Waals surface area contributed by atoms with Crippen LogP contribution in [-0.4, -0.2) is 70.6 Å². The minimum atomic E-state index is -0.376. The van der Waals surface area contributed by atoms with E-state index in [9.17, 15) is 5.11 Å². The predicted octanol–water partition coefficient (Wildman–Crippen LogP) is 0.894. The molecule has 2 unspecified atom stereocenters. The quantitative estimate of drug-likeness (QED) is 0.881. The first-order chi connectivity index (χ1) is 9.43. The van der Waals surface area contributed by atoms with Crippen LogP contribution in [0, 0.1) is 0 Å². The Bertz CT molecular complexity index is 462. The third kappa shape index (κ3) is 3.24. The van der Waals surface area contributed by atoms with E-state index in [2.05, 4.69) is 51.8 Å². The number of aliphatic hydroxyl groups is 1. The fraction of sp³-hybridized carbons (Fsp3) is 0.786. The van der Waals surface area contributed by atoms with Crippen LogP contribution in [-0.2, 0) is 19.9 Å². The van der Waals surface area contributed by atoms with Crippen molar-refractivity contribution in [3.8, 4) is 0 Å². The normalized spacial score (nSPS) is 23.2. The summed E-state index contributed by atoms with van der Waals surface area (Å²) < 4.78 is 2.94. The van der Waals surface area contributed by atoms with Crippen molar-refractivity contribution in [3.05, 3.63) is 15.9 Å². The van der Waals surface area contributed by atoms with Gasteiger partial charge in [0.1, 0.15) is 0 Å². The summed E-state index contributed by atoms with van der Waals surface area (Å²) in [4.78, 5) is 4.54. The molecule has 0 saturated carbocycles. The van der Waals surface area contributed by atoms with E-state index in [0.29, 0.717) is 6.42 Å². The van der Waals surface area contributed by atoms with Crippen molar-refractivity contribution in [3.63, 3.8) is 0 Å². The molecule has 114 valence electrons. The topological polar surface area (TPSA) is 44.5 Å². The number of hydrogen-bond acceptors (Lipinski definition) is 4. The highest BCUT2D eigenvalue weighted by Crippen LogP contribution is 2.24. The molecule has 1 aromatic heterocycles. The summed E-state index contributed by atoms with van der Waals surface area (Å²) in [7, 11) is 6.15. The van der Waals surface area contributed by atoms with Crippen LogP contribution in [0.3, 0.4) is 0 Å². The van der Waals surface area contributed by atoms with Gasteiger partial charge in [0, 0.05) is 39.1 Å². The molecule has 2 heterocycles. The number of nitrogens with zero attached hydrogens (tertiary/aromatic N) is 4. The van der Waals surface area contributed by atoms with Crippen LogP contribution in [0.4, 0.5) is 0 Å². The number of rotatable bonds is 4. The monoisotopic (exact) mass is 344 g/mol. The van der Waals surface area contributed by atoms with Crippen LogP contribution >= 0.6 is 15.9 Å². The second-order valence-corrected chi connectivity index (χ2v) is 6.56. The molecule has 20 heavy (non-hydrogen) atoms. The zero-order chi connectivity index (χ0) is 14.9. The molecule has 2 atom stereocenters. The molecule has 0 spiro atoms. The van der Waals surface area contributed by atoms with Gasteiger partial charge in [0.2, 0.25) is 0 Å². The Labute approximate surface area is 129 Å². The van der Waals surface area contributed by atoms with E-state index < -0.39 is 0 Å².